The van der Waals surface area contributed by atoms with Crippen molar-refractivity contribution in [2.75, 3.05) is 19.6 Å². The highest BCUT2D eigenvalue weighted by atomic mass is 32.2. The van der Waals surface area contributed by atoms with E-state index >= 15 is 0 Å². The molecule has 0 bridgehead atoms. The van der Waals surface area contributed by atoms with Gasteiger partial charge in [0, 0.05) is 25.7 Å². The zero-order chi connectivity index (χ0) is 13.5. The second kappa shape index (κ2) is 4.89. The number of hydrogen-bond donors (Lipinski definition) is 1. The summed E-state index contributed by atoms with van der Waals surface area (Å²) in [5, 5.41) is 3.27. The average molecular weight is 280 g/mol. The molecule has 4 nitrogen and oxygen atoms in total. The second-order valence-corrected chi connectivity index (χ2v) is 7.44. The van der Waals surface area contributed by atoms with E-state index in [0.717, 1.165) is 25.8 Å². The minimum Gasteiger partial charge on any atom is -0.312 e. The van der Waals surface area contributed by atoms with Crippen LogP contribution in [0.1, 0.15) is 24.5 Å². The Bertz CT molecular complexity index is 583. The van der Waals surface area contributed by atoms with Crippen molar-refractivity contribution in [3.63, 3.8) is 0 Å². The van der Waals surface area contributed by atoms with Gasteiger partial charge in [-0.2, -0.15) is 4.31 Å². The molecular formula is C14H20N2O2S. The van der Waals surface area contributed by atoms with Crippen LogP contribution in [0.3, 0.4) is 0 Å². The van der Waals surface area contributed by atoms with Crippen LogP contribution < -0.4 is 5.32 Å². The van der Waals surface area contributed by atoms with Gasteiger partial charge in [0.1, 0.15) is 0 Å². The molecule has 104 valence electrons. The lowest BCUT2D eigenvalue weighted by Crippen LogP contribution is -2.51. The minimum atomic E-state index is -3.32. The number of sulfonamides is 1. The van der Waals surface area contributed by atoms with Crippen LogP contribution in [-0.2, 0) is 22.9 Å². The van der Waals surface area contributed by atoms with Gasteiger partial charge in [-0.1, -0.05) is 6.07 Å². The first-order valence-corrected chi connectivity index (χ1v) is 8.37. The summed E-state index contributed by atoms with van der Waals surface area (Å²) < 4.78 is 26.9. The highest BCUT2D eigenvalue weighted by Gasteiger charge is 2.29. The second-order valence-electron chi connectivity index (χ2n) is 5.50. The summed E-state index contributed by atoms with van der Waals surface area (Å²) in [7, 11) is -3.32. The molecule has 0 unspecified atom stereocenters. The summed E-state index contributed by atoms with van der Waals surface area (Å²) in [6.07, 6.45) is 3.24. The molecule has 1 aromatic rings. The Morgan fingerprint density at radius 1 is 1.26 bits per heavy atom. The Hall–Kier alpha value is -0.910. The first-order chi connectivity index (χ1) is 9.07. The van der Waals surface area contributed by atoms with Gasteiger partial charge >= 0.3 is 0 Å². The lowest BCUT2D eigenvalue weighted by atomic mass is 10.1. The third-order valence-corrected chi connectivity index (χ3v) is 5.90. The molecule has 3 rings (SSSR count). The highest BCUT2D eigenvalue weighted by Crippen LogP contribution is 2.26. The number of piperazine rings is 1. The maximum atomic E-state index is 12.6. The van der Waals surface area contributed by atoms with Crippen molar-refractivity contribution in [3.8, 4) is 0 Å². The molecule has 0 spiro atoms. The molecule has 0 aromatic heterocycles. The van der Waals surface area contributed by atoms with Crippen LogP contribution in [0.5, 0.6) is 0 Å². The smallest absolute Gasteiger partial charge is 0.243 e. The molecule has 1 fully saturated rings. The van der Waals surface area contributed by atoms with E-state index in [2.05, 4.69) is 5.32 Å². The van der Waals surface area contributed by atoms with Crippen LogP contribution >= 0.6 is 0 Å². The molecule has 2 aliphatic rings. The van der Waals surface area contributed by atoms with Gasteiger partial charge in [-0.15, -0.1) is 0 Å². The summed E-state index contributed by atoms with van der Waals surface area (Å²) in [6.45, 7) is 3.86. The van der Waals surface area contributed by atoms with Gasteiger partial charge in [0.05, 0.1) is 4.90 Å². The molecule has 1 saturated heterocycles. The standard InChI is InChI=1S/C14H20N2O2S/c1-11-10-16(8-7-15-11)19(17,18)14-6-5-12-3-2-4-13(12)9-14/h5-6,9,11,15H,2-4,7-8,10H2,1H3/t11-/m0/s1. The van der Waals surface area contributed by atoms with E-state index in [1.54, 1.807) is 10.4 Å². The lowest BCUT2D eigenvalue weighted by Gasteiger charge is -2.31. The number of nitrogens with one attached hydrogen (secondary N) is 1. The maximum Gasteiger partial charge on any atom is 0.243 e. The van der Waals surface area contributed by atoms with Crippen molar-refractivity contribution in [1.82, 2.24) is 9.62 Å². The Kier molecular flexibility index (Phi) is 3.37. The van der Waals surface area contributed by atoms with E-state index in [4.69, 9.17) is 0 Å². The van der Waals surface area contributed by atoms with Crippen molar-refractivity contribution in [3.05, 3.63) is 29.3 Å². The van der Waals surface area contributed by atoms with Crippen molar-refractivity contribution in [2.24, 2.45) is 0 Å². The molecule has 1 aliphatic carbocycles. The fraction of sp³-hybridized carbons (Fsp3) is 0.571. The summed E-state index contributed by atoms with van der Waals surface area (Å²) in [6, 6.07) is 5.86. The van der Waals surface area contributed by atoms with Gasteiger partial charge < -0.3 is 5.32 Å². The van der Waals surface area contributed by atoms with Crippen molar-refractivity contribution < 1.29 is 8.42 Å². The van der Waals surface area contributed by atoms with Crippen LogP contribution in [0.25, 0.3) is 0 Å². The number of aryl methyl sites for hydroxylation is 2. The number of benzene rings is 1. The van der Waals surface area contributed by atoms with Gasteiger partial charge in [0.2, 0.25) is 10.0 Å². The van der Waals surface area contributed by atoms with Crippen LogP contribution in [0.4, 0.5) is 0 Å². The molecule has 5 heteroatoms. The van der Waals surface area contributed by atoms with Crippen molar-refractivity contribution in [2.45, 2.75) is 37.1 Å². The Balaban J connectivity index is 1.91. The highest BCUT2D eigenvalue weighted by molar-refractivity contribution is 7.89. The summed E-state index contributed by atoms with van der Waals surface area (Å²) in [4.78, 5) is 0.460. The van der Waals surface area contributed by atoms with Gasteiger partial charge in [-0.25, -0.2) is 8.42 Å². The summed E-state index contributed by atoms with van der Waals surface area (Å²) in [5.74, 6) is 0. The fourth-order valence-corrected chi connectivity index (χ4v) is 4.55. The van der Waals surface area contributed by atoms with E-state index in [-0.39, 0.29) is 6.04 Å². The largest absolute Gasteiger partial charge is 0.312 e. The normalized spacial score (nSPS) is 24.4. The van der Waals surface area contributed by atoms with Crippen LogP contribution in [0.2, 0.25) is 0 Å². The number of fused-ring (bicyclic) bond motifs is 1. The number of hydrogen-bond acceptors (Lipinski definition) is 3. The van der Waals surface area contributed by atoms with Crippen LogP contribution in [0.15, 0.2) is 23.1 Å². The molecule has 1 heterocycles. The van der Waals surface area contributed by atoms with Crippen LogP contribution in [-0.4, -0.2) is 38.4 Å². The quantitative estimate of drug-likeness (QED) is 0.884. The lowest BCUT2D eigenvalue weighted by molar-refractivity contribution is 0.310. The third kappa shape index (κ3) is 2.42. The first-order valence-electron chi connectivity index (χ1n) is 6.93. The van der Waals surface area contributed by atoms with E-state index in [1.807, 2.05) is 19.1 Å². The van der Waals surface area contributed by atoms with Gasteiger partial charge in [-0.05, 0) is 49.4 Å². The average Bonchev–Trinajstić information content (AvgIpc) is 2.85. The molecule has 0 radical (unpaired) electrons. The van der Waals surface area contributed by atoms with E-state index in [9.17, 15) is 8.42 Å². The van der Waals surface area contributed by atoms with Gasteiger partial charge in [0.25, 0.3) is 0 Å². The molecule has 1 aromatic carbocycles. The zero-order valence-corrected chi connectivity index (χ0v) is 12.0. The fourth-order valence-electron chi connectivity index (χ4n) is 2.97. The van der Waals surface area contributed by atoms with Gasteiger partial charge in [0.15, 0.2) is 0 Å². The zero-order valence-electron chi connectivity index (χ0n) is 11.2. The summed E-state index contributed by atoms with van der Waals surface area (Å²) in [5.41, 5.74) is 2.52. The molecular weight excluding hydrogens is 260 g/mol. The Morgan fingerprint density at radius 3 is 2.84 bits per heavy atom. The van der Waals surface area contributed by atoms with E-state index < -0.39 is 10.0 Å². The number of nitrogens with zero attached hydrogens (tertiary/aromatic N) is 1. The van der Waals surface area contributed by atoms with E-state index in [0.29, 0.717) is 18.0 Å². The van der Waals surface area contributed by atoms with Gasteiger partial charge in [-0.3, -0.25) is 0 Å². The predicted octanol–water partition coefficient (Wildman–Crippen LogP) is 1.16. The third-order valence-electron chi connectivity index (χ3n) is 4.04. The Morgan fingerprint density at radius 2 is 2.05 bits per heavy atom. The first kappa shape index (κ1) is 13.1. The predicted molar refractivity (Wildman–Crippen MR) is 74.7 cm³/mol. The molecule has 0 saturated carbocycles. The van der Waals surface area contributed by atoms with Crippen LogP contribution in [0, 0.1) is 0 Å². The summed E-state index contributed by atoms with van der Waals surface area (Å²) >= 11 is 0. The van der Waals surface area contributed by atoms with Crippen molar-refractivity contribution in [1.29, 1.82) is 0 Å². The maximum absolute atomic E-state index is 12.6. The number of rotatable bonds is 2. The molecule has 0 amide bonds. The van der Waals surface area contributed by atoms with Crippen molar-refractivity contribution >= 4 is 10.0 Å². The monoisotopic (exact) mass is 280 g/mol. The molecule has 1 aliphatic heterocycles. The Labute approximate surface area is 114 Å². The van der Waals surface area contributed by atoms with E-state index in [1.165, 1.54) is 11.1 Å². The molecule has 1 N–H and O–H groups in total. The SMILES string of the molecule is C[C@H]1CN(S(=O)(=O)c2ccc3c(c2)CCC3)CCN1. The minimum absolute atomic E-state index is 0.220. The molecule has 1 atom stereocenters. The topological polar surface area (TPSA) is 49.4 Å². The molecule has 19 heavy (non-hydrogen) atoms.